The van der Waals surface area contributed by atoms with Gasteiger partial charge in [-0.3, -0.25) is 0 Å². The van der Waals surface area contributed by atoms with Crippen LogP contribution in [0.4, 0.5) is 0 Å². The number of fused-ring (bicyclic) bond motifs is 3. The van der Waals surface area contributed by atoms with Crippen molar-refractivity contribution in [2.45, 2.75) is 13.5 Å². The van der Waals surface area contributed by atoms with Gasteiger partial charge in [-0.1, -0.05) is 36.4 Å². The second kappa shape index (κ2) is 3.13. The molecule has 0 bridgehead atoms. The summed E-state index contributed by atoms with van der Waals surface area (Å²) in [5, 5.41) is 2.71. The molecule has 3 aromatic rings. The lowest BCUT2D eigenvalue weighted by molar-refractivity contribution is 0.827. The molecule has 0 N–H and O–H groups in total. The molecule has 1 nitrogen and oxygen atoms in total. The molecule has 1 heteroatoms. The summed E-state index contributed by atoms with van der Waals surface area (Å²) in [6, 6.07) is 17.2. The van der Waals surface area contributed by atoms with Crippen LogP contribution in [0, 0.1) is 0 Å². The highest BCUT2D eigenvalue weighted by Crippen LogP contribution is 2.28. The van der Waals surface area contributed by atoms with Crippen molar-refractivity contribution in [2.75, 3.05) is 0 Å². The number of nitrogens with zero attached hydrogens (tertiary/aromatic N) is 1. The first-order chi connectivity index (χ1) is 7.42. The molecule has 15 heavy (non-hydrogen) atoms. The molecule has 1 heterocycles. The predicted molar refractivity (Wildman–Crippen MR) is 90.5 cm³/mol. The maximum atomic E-state index is 2.37. The van der Waals surface area contributed by atoms with Gasteiger partial charge in [-0.15, -0.1) is 0 Å². The lowest BCUT2D eigenvalue weighted by atomic mass is 10.2. The van der Waals surface area contributed by atoms with E-state index in [9.17, 15) is 0 Å². The van der Waals surface area contributed by atoms with Crippen LogP contribution in [-0.2, 0) is 6.54 Å². The fourth-order valence-electron chi connectivity index (χ4n) is 2.34. The monoisotopic (exact) mass is 219 g/mol. The maximum Gasteiger partial charge on any atom is 0.0491 e. The van der Waals surface area contributed by atoms with Gasteiger partial charge >= 0.3 is 0 Å². The van der Waals surface area contributed by atoms with E-state index in [2.05, 4.69) is 60.0 Å². The topological polar surface area (TPSA) is 4.93 Å². The van der Waals surface area contributed by atoms with Crippen molar-refractivity contribution in [3.63, 3.8) is 0 Å². The lowest BCUT2D eigenvalue weighted by Gasteiger charge is -2.01. The molecule has 2 aromatic carbocycles. The Labute approximate surface area is 107 Å². The third-order valence-corrected chi connectivity index (χ3v) is 3.00. The van der Waals surface area contributed by atoms with Crippen LogP contribution in [0.2, 0.25) is 0 Å². The van der Waals surface area contributed by atoms with Crippen LogP contribution >= 0.6 is 0 Å². The minimum Gasteiger partial charge on any atom is -0.341 e. The molecule has 98 valence electrons. The molecule has 0 unspecified atom stereocenters. The van der Waals surface area contributed by atoms with E-state index in [1.54, 1.807) is 0 Å². The number of para-hydroxylation sites is 2. The van der Waals surface area contributed by atoms with Gasteiger partial charge in [0.2, 0.25) is 0 Å². The van der Waals surface area contributed by atoms with Crippen molar-refractivity contribution in [1.29, 1.82) is 0 Å². The molecule has 0 aliphatic carbocycles. The summed E-state index contributed by atoms with van der Waals surface area (Å²) in [6.45, 7) is 3.22. The zero-order valence-corrected chi connectivity index (χ0v) is 8.77. The fraction of sp³-hybridized carbons (Fsp3) is 0.143. The molecular formula is C14H37N. The van der Waals surface area contributed by atoms with Crippen LogP contribution in [0.3, 0.4) is 0 Å². The zero-order chi connectivity index (χ0) is 10.3. The minimum absolute atomic E-state index is 0. The van der Waals surface area contributed by atoms with Crippen LogP contribution in [0.1, 0.15) is 24.0 Å². The van der Waals surface area contributed by atoms with Gasteiger partial charge < -0.3 is 4.57 Å². The molecule has 0 amide bonds. The van der Waals surface area contributed by atoms with Crippen LogP contribution in [0.25, 0.3) is 21.8 Å². The number of aryl methyl sites for hydroxylation is 1. The Kier molecular flexibility index (Phi) is 1.78. The van der Waals surface area contributed by atoms with Gasteiger partial charge in [0.1, 0.15) is 0 Å². The van der Waals surface area contributed by atoms with Crippen molar-refractivity contribution in [3.05, 3.63) is 48.5 Å². The smallest absolute Gasteiger partial charge is 0.0491 e. The van der Waals surface area contributed by atoms with Crippen LogP contribution in [-0.4, -0.2) is 4.57 Å². The molecule has 0 aliphatic heterocycles. The van der Waals surface area contributed by atoms with Crippen molar-refractivity contribution < 1.29 is 17.1 Å². The Bertz CT molecular complexity index is 593. The molecule has 0 fully saturated rings. The molecule has 0 aliphatic rings. The normalized spacial score (nSPS) is 11.3. The highest BCUT2D eigenvalue weighted by molar-refractivity contribution is 6.07. The van der Waals surface area contributed by atoms with E-state index >= 15 is 0 Å². The fourth-order valence-corrected chi connectivity index (χ4v) is 2.34. The Balaban J connectivity index is -0.0000000301. The summed E-state index contributed by atoms with van der Waals surface area (Å²) in [6.07, 6.45) is 0. The Morgan fingerprint density at radius 1 is 0.867 bits per heavy atom. The molecule has 3 rings (SSSR count). The largest absolute Gasteiger partial charge is 0.341 e. The average Bonchev–Trinajstić information content (AvgIpc) is 2.63. The molecule has 0 radical (unpaired) electrons. The van der Waals surface area contributed by atoms with Crippen LogP contribution < -0.4 is 0 Å². The second-order valence-electron chi connectivity index (χ2n) is 3.78. The molecule has 0 saturated heterocycles. The number of rotatable bonds is 1. The van der Waals surface area contributed by atoms with Gasteiger partial charge in [-0.2, -0.15) is 0 Å². The van der Waals surface area contributed by atoms with E-state index in [0.29, 0.717) is 0 Å². The Morgan fingerprint density at radius 3 is 1.80 bits per heavy atom. The molecule has 0 saturated carbocycles. The first-order valence-electron chi connectivity index (χ1n) is 5.38. The van der Waals surface area contributed by atoms with E-state index in [4.69, 9.17) is 0 Å². The zero-order valence-electron chi connectivity index (χ0n) is 8.77. The van der Waals surface area contributed by atoms with Gasteiger partial charge in [-0.05, 0) is 19.1 Å². The van der Waals surface area contributed by atoms with Gasteiger partial charge in [0, 0.05) is 45.5 Å². The number of hydrogen-bond acceptors (Lipinski definition) is 0. The number of hydrogen-bond donors (Lipinski definition) is 0. The summed E-state index contributed by atoms with van der Waals surface area (Å²) in [7, 11) is 0. The number of aromatic nitrogens is 1. The van der Waals surface area contributed by atoms with Gasteiger partial charge in [0.15, 0.2) is 0 Å². The lowest BCUT2D eigenvalue weighted by Crippen LogP contribution is -1.91. The molecule has 1 aromatic heterocycles. The minimum atomic E-state index is 0. The summed E-state index contributed by atoms with van der Waals surface area (Å²) in [4.78, 5) is 0. The quantitative estimate of drug-likeness (QED) is 0.426. The van der Waals surface area contributed by atoms with Gasteiger partial charge in [0.05, 0.1) is 0 Å². The highest BCUT2D eigenvalue weighted by atomic mass is 15.0. The summed E-state index contributed by atoms with van der Waals surface area (Å²) >= 11 is 0. The summed E-state index contributed by atoms with van der Waals surface area (Å²) < 4.78 is 2.37. The van der Waals surface area contributed by atoms with Crippen molar-refractivity contribution in [2.24, 2.45) is 0 Å². The SMILES string of the molecule is CCn1c2ccccc2c2ccccc21.[HH].[HH].[HH].[HH].[HH].[HH].[HH].[HH].[HH].[HH].[HH].[HH]. The predicted octanol–water partition coefficient (Wildman–Crippen LogP) is 6.77. The Morgan fingerprint density at radius 2 is 1.33 bits per heavy atom. The summed E-state index contributed by atoms with van der Waals surface area (Å²) in [5.74, 6) is 0. The molecule has 0 spiro atoms. The van der Waals surface area contributed by atoms with E-state index < -0.39 is 0 Å². The van der Waals surface area contributed by atoms with Crippen LogP contribution in [0.15, 0.2) is 48.5 Å². The van der Waals surface area contributed by atoms with Crippen molar-refractivity contribution in [1.82, 2.24) is 4.57 Å². The van der Waals surface area contributed by atoms with Crippen molar-refractivity contribution in [3.8, 4) is 0 Å². The van der Waals surface area contributed by atoms with E-state index in [1.165, 1.54) is 21.8 Å². The van der Waals surface area contributed by atoms with E-state index in [1.807, 2.05) is 0 Å². The first-order valence-corrected chi connectivity index (χ1v) is 5.38. The third-order valence-electron chi connectivity index (χ3n) is 3.00. The third kappa shape index (κ3) is 1.09. The Hall–Kier alpha value is -1.76. The molecule has 0 atom stereocenters. The van der Waals surface area contributed by atoms with Crippen molar-refractivity contribution >= 4 is 21.8 Å². The van der Waals surface area contributed by atoms with Gasteiger partial charge in [0.25, 0.3) is 0 Å². The summed E-state index contributed by atoms with van der Waals surface area (Å²) in [5.41, 5.74) is 2.67. The van der Waals surface area contributed by atoms with E-state index in [0.717, 1.165) is 6.54 Å². The maximum absolute atomic E-state index is 2.37. The molecular weight excluding hydrogens is 182 g/mol. The van der Waals surface area contributed by atoms with E-state index in [-0.39, 0.29) is 17.1 Å². The highest BCUT2D eigenvalue weighted by Gasteiger charge is 2.06. The second-order valence-corrected chi connectivity index (χ2v) is 3.78. The van der Waals surface area contributed by atoms with Crippen LogP contribution in [0.5, 0.6) is 0 Å². The first kappa shape index (κ1) is 8.54. The number of benzene rings is 2. The van der Waals surface area contributed by atoms with Gasteiger partial charge in [-0.25, -0.2) is 0 Å². The average molecular weight is 219 g/mol. The standard InChI is InChI=1S/C14H13N.12H2/c1-2-15-13-9-5-3-7-11(13)12-8-4-6-10-14(12)15;;;;;;;;;;;;/h3-10H,2H2,1H3;12*1H.